The Balaban J connectivity index is 2.47. The Hall–Kier alpha value is -0.780. The first-order valence-electron chi connectivity index (χ1n) is 4.99. The average molecular weight is 207 g/mol. The van der Waals surface area contributed by atoms with Crippen molar-refractivity contribution in [1.82, 2.24) is 5.32 Å². The lowest BCUT2D eigenvalue weighted by Crippen LogP contribution is -2.30. The average Bonchev–Trinajstić information content (AvgIpc) is 2.69. The minimum Gasteiger partial charge on any atom is -0.306 e. The maximum atomic E-state index is 5.31. The highest BCUT2D eigenvalue weighted by molar-refractivity contribution is 7.07. The quantitative estimate of drug-likeness (QED) is 0.731. The van der Waals surface area contributed by atoms with Crippen LogP contribution in [0.4, 0.5) is 0 Å². The molecule has 2 atom stereocenters. The van der Waals surface area contributed by atoms with E-state index in [0.29, 0.717) is 12.1 Å². The van der Waals surface area contributed by atoms with E-state index in [4.69, 9.17) is 6.42 Å². The zero-order valence-electron chi connectivity index (χ0n) is 8.79. The summed E-state index contributed by atoms with van der Waals surface area (Å²) in [6.07, 6.45) is 7.20. The molecule has 2 unspecified atom stereocenters. The third kappa shape index (κ3) is 3.17. The monoisotopic (exact) mass is 207 g/mol. The summed E-state index contributed by atoms with van der Waals surface area (Å²) < 4.78 is 0. The van der Waals surface area contributed by atoms with E-state index in [1.807, 2.05) is 0 Å². The van der Waals surface area contributed by atoms with E-state index in [2.05, 4.69) is 41.9 Å². The molecule has 0 aromatic carbocycles. The van der Waals surface area contributed by atoms with Crippen molar-refractivity contribution in [3.8, 4) is 12.3 Å². The molecule has 0 spiro atoms. The number of hydrogen-bond acceptors (Lipinski definition) is 2. The summed E-state index contributed by atoms with van der Waals surface area (Å²) in [6, 6.07) is 3.00. The molecule has 0 saturated heterocycles. The van der Waals surface area contributed by atoms with Crippen LogP contribution in [0.2, 0.25) is 0 Å². The molecule has 0 aliphatic heterocycles. The van der Waals surface area contributed by atoms with Crippen molar-refractivity contribution in [2.75, 3.05) is 0 Å². The van der Waals surface area contributed by atoms with Crippen molar-refractivity contribution in [2.45, 2.75) is 38.8 Å². The fourth-order valence-electron chi connectivity index (χ4n) is 1.43. The first-order chi connectivity index (χ1) is 6.77. The highest BCUT2D eigenvalue weighted by Crippen LogP contribution is 2.17. The van der Waals surface area contributed by atoms with Gasteiger partial charge in [0.15, 0.2) is 0 Å². The predicted molar refractivity (Wildman–Crippen MR) is 63.4 cm³/mol. The molecule has 1 aromatic rings. The summed E-state index contributed by atoms with van der Waals surface area (Å²) in [5, 5.41) is 7.82. The standard InChI is InChI=1S/C12H17NS/c1-4-6-12(5-2)13-10(3)11-7-8-14-9-11/h1,7-10,12-13H,5-6H2,2-3H3. The van der Waals surface area contributed by atoms with Crippen molar-refractivity contribution in [3.63, 3.8) is 0 Å². The minimum absolute atomic E-state index is 0.402. The van der Waals surface area contributed by atoms with Gasteiger partial charge in [-0.1, -0.05) is 6.92 Å². The van der Waals surface area contributed by atoms with Gasteiger partial charge in [-0.15, -0.1) is 12.3 Å². The lowest BCUT2D eigenvalue weighted by Gasteiger charge is -2.19. The van der Waals surface area contributed by atoms with Crippen LogP contribution in [0.5, 0.6) is 0 Å². The van der Waals surface area contributed by atoms with Crippen molar-refractivity contribution >= 4 is 11.3 Å². The molecule has 0 amide bonds. The second-order valence-electron chi connectivity index (χ2n) is 3.46. The van der Waals surface area contributed by atoms with Gasteiger partial charge in [-0.2, -0.15) is 11.3 Å². The minimum atomic E-state index is 0.402. The van der Waals surface area contributed by atoms with E-state index in [1.165, 1.54) is 5.56 Å². The number of nitrogens with one attached hydrogen (secondary N) is 1. The highest BCUT2D eigenvalue weighted by Gasteiger charge is 2.10. The largest absolute Gasteiger partial charge is 0.306 e. The van der Waals surface area contributed by atoms with Gasteiger partial charge in [-0.25, -0.2) is 0 Å². The molecule has 1 N–H and O–H groups in total. The van der Waals surface area contributed by atoms with E-state index < -0.39 is 0 Å². The molecule has 1 heterocycles. The zero-order chi connectivity index (χ0) is 10.4. The van der Waals surface area contributed by atoms with Crippen LogP contribution in [-0.2, 0) is 0 Å². The second kappa shape index (κ2) is 5.85. The SMILES string of the molecule is C#CCC(CC)NC(C)c1ccsc1. The third-order valence-corrected chi connectivity index (χ3v) is 3.09. The lowest BCUT2D eigenvalue weighted by atomic mass is 10.1. The van der Waals surface area contributed by atoms with Gasteiger partial charge in [0.05, 0.1) is 0 Å². The van der Waals surface area contributed by atoms with Crippen LogP contribution in [0.3, 0.4) is 0 Å². The van der Waals surface area contributed by atoms with E-state index in [0.717, 1.165) is 12.8 Å². The smallest absolute Gasteiger partial charge is 0.0302 e. The van der Waals surface area contributed by atoms with Crippen LogP contribution in [0.1, 0.15) is 38.3 Å². The molecular formula is C12H17NS. The van der Waals surface area contributed by atoms with Gasteiger partial charge in [0.25, 0.3) is 0 Å². The number of thiophene rings is 1. The maximum absolute atomic E-state index is 5.31. The topological polar surface area (TPSA) is 12.0 Å². The Morgan fingerprint density at radius 3 is 2.93 bits per heavy atom. The van der Waals surface area contributed by atoms with Crippen LogP contribution < -0.4 is 5.32 Å². The maximum Gasteiger partial charge on any atom is 0.0302 e. The zero-order valence-corrected chi connectivity index (χ0v) is 9.60. The van der Waals surface area contributed by atoms with Crippen LogP contribution in [0.15, 0.2) is 16.8 Å². The van der Waals surface area contributed by atoms with Crippen molar-refractivity contribution in [2.24, 2.45) is 0 Å². The molecule has 0 aliphatic carbocycles. The van der Waals surface area contributed by atoms with E-state index in [1.54, 1.807) is 11.3 Å². The van der Waals surface area contributed by atoms with Gasteiger partial charge in [-0.3, -0.25) is 0 Å². The van der Waals surface area contributed by atoms with Gasteiger partial charge >= 0.3 is 0 Å². The summed E-state index contributed by atoms with van der Waals surface area (Å²) in [6.45, 7) is 4.34. The van der Waals surface area contributed by atoms with Crippen LogP contribution >= 0.6 is 11.3 Å². The van der Waals surface area contributed by atoms with Gasteiger partial charge in [0.1, 0.15) is 0 Å². The first-order valence-corrected chi connectivity index (χ1v) is 5.93. The Bertz CT molecular complexity index is 284. The Labute approximate surface area is 90.5 Å². The van der Waals surface area contributed by atoms with Crippen LogP contribution in [0, 0.1) is 12.3 Å². The molecule has 2 heteroatoms. The lowest BCUT2D eigenvalue weighted by molar-refractivity contribution is 0.450. The first kappa shape index (κ1) is 11.3. The van der Waals surface area contributed by atoms with Crippen molar-refractivity contribution in [3.05, 3.63) is 22.4 Å². The fourth-order valence-corrected chi connectivity index (χ4v) is 2.19. The Kier molecular flexibility index (Phi) is 4.72. The van der Waals surface area contributed by atoms with E-state index in [9.17, 15) is 0 Å². The molecule has 76 valence electrons. The van der Waals surface area contributed by atoms with Crippen molar-refractivity contribution in [1.29, 1.82) is 0 Å². The molecule has 0 radical (unpaired) electrons. The number of hydrogen-bond donors (Lipinski definition) is 1. The van der Waals surface area contributed by atoms with Gasteiger partial charge in [0.2, 0.25) is 0 Å². The highest BCUT2D eigenvalue weighted by atomic mass is 32.1. The molecule has 1 aromatic heterocycles. The summed E-state index contributed by atoms with van der Waals surface area (Å²) in [5.74, 6) is 2.71. The summed E-state index contributed by atoms with van der Waals surface area (Å²) >= 11 is 1.74. The third-order valence-electron chi connectivity index (χ3n) is 2.39. The second-order valence-corrected chi connectivity index (χ2v) is 4.24. The summed E-state index contributed by atoms with van der Waals surface area (Å²) in [4.78, 5) is 0. The summed E-state index contributed by atoms with van der Waals surface area (Å²) in [5.41, 5.74) is 1.35. The van der Waals surface area contributed by atoms with E-state index in [-0.39, 0.29) is 0 Å². The summed E-state index contributed by atoms with van der Waals surface area (Å²) in [7, 11) is 0. The van der Waals surface area contributed by atoms with Gasteiger partial charge < -0.3 is 5.32 Å². The fraction of sp³-hybridized carbons (Fsp3) is 0.500. The van der Waals surface area contributed by atoms with Gasteiger partial charge in [-0.05, 0) is 35.7 Å². The number of terminal acetylenes is 1. The molecule has 1 rings (SSSR count). The van der Waals surface area contributed by atoms with E-state index >= 15 is 0 Å². The van der Waals surface area contributed by atoms with Crippen molar-refractivity contribution < 1.29 is 0 Å². The molecule has 0 fully saturated rings. The Morgan fingerprint density at radius 2 is 2.43 bits per heavy atom. The molecular weight excluding hydrogens is 190 g/mol. The normalized spacial score (nSPS) is 14.6. The van der Waals surface area contributed by atoms with Crippen LogP contribution in [0.25, 0.3) is 0 Å². The molecule has 0 aliphatic rings. The molecule has 0 saturated carbocycles. The number of rotatable bonds is 5. The predicted octanol–water partition coefficient (Wildman–Crippen LogP) is 3.20. The Morgan fingerprint density at radius 1 is 1.64 bits per heavy atom. The van der Waals surface area contributed by atoms with Gasteiger partial charge in [0, 0.05) is 18.5 Å². The molecule has 14 heavy (non-hydrogen) atoms. The molecule has 1 nitrogen and oxygen atoms in total. The molecule has 0 bridgehead atoms. The van der Waals surface area contributed by atoms with Crippen LogP contribution in [-0.4, -0.2) is 6.04 Å².